The largest absolute Gasteiger partial charge is 0.366 e. The molecule has 2 fully saturated rings. The van der Waals surface area contributed by atoms with Gasteiger partial charge in [0.05, 0.1) is 11.7 Å². The molecule has 0 bridgehead atoms. The van der Waals surface area contributed by atoms with Gasteiger partial charge >= 0.3 is 0 Å². The monoisotopic (exact) mass is 497 g/mol. The van der Waals surface area contributed by atoms with Gasteiger partial charge in [-0.3, -0.25) is 14.4 Å². The van der Waals surface area contributed by atoms with Crippen LogP contribution < -0.4 is 10.6 Å². The molecule has 2 aromatic rings. The predicted octanol–water partition coefficient (Wildman–Crippen LogP) is 3.05. The van der Waals surface area contributed by atoms with Gasteiger partial charge in [-0.1, -0.05) is 44.2 Å². The number of ketones is 1. The highest BCUT2D eigenvalue weighted by Crippen LogP contribution is 2.28. The predicted molar refractivity (Wildman–Crippen MR) is 136 cm³/mol. The van der Waals surface area contributed by atoms with Crippen molar-refractivity contribution in [2.75, 3.05) is 26.2 Å². The lowest BCUT2D eigenvalue weighted by Gasteiger charge is -2.31. The molecule has 188 valence electrons. The highest BCUT2D eigenvalue weighted by Gasteiger charge is 2.40. The summed E-state index contributed by atoms with van der Waals surface area (Å²) in [6.45, 7) is 6.80. The van der Waals surface area contributed by atoms with Gasteiger partial charge in [0.1, 0.15) is 18.7 Å². The van der Waals surface area contributed by atoms with Crippen molar-refractivity contribution in [3.05, 3.63) is 58.3 Å². The van der Waals surface area contributed by atoms with Crippen molar-refractivity contribution < 1.29 is 19.1 Å². The van der Waals surface area contributed by atoms with Gasteiger partial charge in [0.15, 0.2) is 5.78 Å². The van der Waals surface area contributed by atoms with Crippen LogP contribution in [0.5, 0.6) is 0 Å². The Balaban J connectivity index is 1.47. The number of rotatable bonds is 10. The third-order valence-corrected chi connectivity index (χ3v) is 7.46. The summed E-state index contributed by atoms with van der Waals surface area (Å²) in [4.78, 5) is 41.3. The summed E-state index contributed by atoms with van der Waals surface area (Å²) >= 11 is 1.43. The summed E-state index contributed by atoms with van der Waals surface area (Å²) in [5.74, 6) is -0.747. The lowest BCUT2D eigenvalue weighted by atomic mass is 9.79. The van der Waals surface area contributed by atoms with E-state index in [0.29, 0.717) is 18.5 Å². The molecule has 2 unspecified atom stereocenters. The zero-order valence-corrected chi connectivity index (χ0v) is 21.3. The van der Waals surface area contributed by atoms with Gasteiger partial charge in [-0.15, -0.1) is 0 Å². The van der Waals surface area contributed by atoms with Crippen LogP contribution >= 0.6 is 11.3 Å². The molecule has 1 aromatic carbocycles. The summed E-state index contributed by atoms with van der Waals surface area (Å²) in [7, 11) is 0. The quantitative estimate of drug-likeness (QED) is 0.527. The minimum Gasteiger partial charge on any atom is -0.366 e. The van der Waals surface area contributed by atoms with Gasteiger partial charge in [-0.25, -0.2) is 0 Å². The van der Waals surface area contributed by atoms with Crippen molar-refractivity contribution in [1.82, 2.24) is 15.5 Å². The van der Waals surface area contributed by atoms with Crippen LogP contribution in [-0.4, -0.2) is 66.9 Å². The van der Waals surface area contributed by atoms with Gasteiger partial charge in [-0.2, -0.15) is 11.3 Å². The van der Waals surface area contributed by atoms with Crippen LogP contribution in [0.1, 0.15) is 49.0 Å². The number of likely N-dealkylation sites (tertiary alicyclic amines) is 1. The van der Waals surface area contributed by atoms with E-state index in [-0.39, 0.29) is 35.7 Å². The van der Waals surface area contributed by atoms with Crippen LogP contribution in [0.4, 0.5) is 0 Å². The first-order chi connectivity index (χ1) is 16.8. The van der Waals surface area contributed by atoms with Crippen LogP contribution in [0.25, 0.3) is 0 Å². The fraction of sp³-hybridized carbons (Fsp3) is 0.519. The third-order valence-electron chi connectivity index (χ3n) is 6.78. The van der Waals surface area contributed by atoms with E-state index in [4.69, 9.17) is 4.74 Å². The number of nitrogens with one attached hydrogen (secondary N) is 2. The summed E-state index contributed by atoms with van der Waals surface area (Å²) in [6, 6.07) is 10.4. The topological polar surface area (TPSA) is 87.7 Å². The van der Waals surface area contributed by atoms with Crippen molar-refractivity contribution in [2.24, 2.45) is 5.41 Å². The average Bonchev–Trinajstić information content (AvgIpc) is 3.59. The van der Waals surface area contributed by atoms with E-state index in [9.17, 15) is 14.4 Å². The molecule has 0 saturated carbocycles. The molecule has 0 radical (unpaired) electrons. The Bertz CT molecular complexity index is 1000. The van der Waals surface area contributed by atoms with Gasteiger partial charge in [0, 0.05) is 11.9 Å². The van der Waals surface area contributed by atoms with Crippen molar-refractivity contribution in [1.29, 1.82) is 0 Å². The number of thiophene rings is 1. The summed E-state index contributed by atoms with van der Waals surface area (Å²) in [5.41, 5.74) is 1.43. The minimum atomic E-state index is -0.776. The Morgan fingerprint density at radius 1 is 1.17 bits per heavy atom. The summed E-state index contributed by atoms with van der Waals surface area (Å²) in [5, 5.41) is 9.47. The molecule has 35 heavy (non-hydrogen) atoms. The molecule has 8 heteroatoms. The van der Waals surface area contributed by atoms with Gasteiger partial charge < -0.3 is 20.3 Å². The Morgan fingerprint density at radius 3 is 2.60 bits per heavy atom. The number of Topliss-reactive ketones (excluding diaryl/α,β-unsaturated/α-hetero) is 1. The molecule has 1 aromatic heterocycles. The Kier molecular flexibility index (Phi) is 8.36. The first-order valence-electron chi connectivity index (χ1n) is 12.3. The van der Waals surface area contributed by atoms with Crippen LogP contribution in [0, 0.1) is 5.41 Å². The van der Waals surface area contributed by atoms with E-state index >= 15 is 0 Å². The number of carbonyl (C=O) groups excluding carboxylic acids is 3. The Hall–Kier alpha value is -2.55. The van der Waals surface area contributed by atoms with E-state index < -0.39 is 12.1 Å². The first-order valence-corrected chi connectivity index (χ1v) is 13.3. The Morgan fingerprint density at radius 2 is 1.91 bits per heavy atom. The minimum absolute atomic E-state index is 0.00881. The van der Waals surface area contributed by atoms with E-state index in [1.807, 2.05) is 23.6 Å². The molecular formula is C27H35N3O4S. The van der Waals surface area contributed by atoms with Crippen molar-refractivity contribution >= 4 is 28.9 Å². The molecule has 7 nitrogen and oxygen atoms in total. The van der Waals surface area contributed by atoms with E-state index in [1.165, 1.54) is 16.9 Å². The standard InChI is InChI=1S/C27H35N3O4S/c1-27(2,14-19-8-4-3-5-9-19)15-21(28-25(32)20-10-13-35-18-20)26(33)29-24-22(31)17-34-23(24)16-30-11-6-7-12-30/h3-5,8-10,13,18,21,23-24H,6-7,11-12,14-17H2,1-2H3,(H,28,32)(H,29,33)/t21-,23?,24?/m0/s1. The van der Waals surface area contributed by atoms with Crippen LogP contribution in [0.2, 0.25) is 0 Å². The van der Waals surface area contributed by atoms with Crippen LogP contribution in [0.15, 0.2) is 47.2 Å². The van der Waals surface area contributed by atoms with Crippen LogP contribution in [-0.2, 0) is 20.7 Å². The zero-order chi connectivity index (χ0) is 24.8. The first kappa shape index (κ1) is 25.5. The highest BCUT2D eigenvalue weighted by atomic mass is 32.1. The van der Waals surface area contributed by atoms with E-state index in [1.54, 1.807) is 11.4 Å². The number of ether oxygens (including phenoxy) is 1. The number of nitrogens with zero attached hydrogens (tertiary/aromatic N) is 1. The lowest BCUT2D eigenvalue weighted by molar-refractivity contribution is -0.128. The molecule has 0 aliphatic carbocycles. The molecule has 3 heterocycles. The average molecular weight is 498 g/mol. The number of hydrogen-bond donors (Lipinski definition) is 2. The second kappa shape index (κ2) is 11.5. The van der Waals surface area contributed by atoms with Gasteiger partial charge in [0.2, 0.25) is 5.91 Å². The van der Waals surface area contributed by atoms with Crippen LogP contribution in [0.3, 0.4) is 0 Å². The second-order valence-corrected chi connectivity index (χ2v) is 11.2. The second-order valence-electron chi connectivity index (χ2n) is 10.4. The SMILES string of the molecule is CC(C)(Cc1ccccc1)C[C@H](NC(=O)c1ccsc1)C(=O)NC1C(=O)COC1CN1CCCC1. The molecule has 0 spiro atoms. The molecule has 2 N–H and O–H groups in total. The molecule has 2 aliphatic rings. The molecule has 2 aliphatic heterocycles. The van der Waals surface area contributed by atoms with Crippen molar-refractivity contribution in [3.63, 3.8) is 0 Å². The van der Waals surface area contributed by atoms with Crippen molar-refractivity contribution in [3.8, 4) is 0 Å². The normalized spacial score (nSPS) is 21.7. The number of amides is 2. The maximum atomic E-state index is 13.5. The third kappa shape index (κ3) is 6.99. The summed E-state index contributed by atoms with van der Waals surface area (Å²) in [6.07, 6.45) is 3.11. The molecule has 2 saturated heterocycles. The fourth-order valence-electron chi connectivity index (χ4n) is 5.01. The van der Waals surface area contributed by atoms with Crippen molar-refractivity contribution in [2.45, 2.75) is 57.7 Å². The number of hydrogen-bond acceptors (Lipinski definition) is 6. The van der Waals surface area contributed by atoms with E-state index in [0.717, 1.165) is 32.4 Å². The number of benzene rings is 1. The lowest BCUT2D eigenvalue weighted by Crippen LogP contribution is -2.55. The highest BCUT2D eigenvalue weighted by molar-refractivity contribution is 7.08. The number of carbonyl (C=O) groups is 3. The zero-order valence-electron chi connectivity index (χ0n) is 20.5. The fourth-order valence-corrected chi connectivity index (χ4v) is 5.64. The molecule has 3 atom stereocenters. The van der Waals surface area contributed by atoms with Gasteiger partial charge in [-0.05, 0) is 61.2 Å². The molecule has 4 rings (SSSR count). The smallest absolute Gasteiger partial charge is 0.252 e. The molecular weight excluding hydrogens is 462 g/mol. The summed E-state index contributed by atoms with van der Waals surface area (Å²) < 4.78 is 5.75. The maximum Gasteiger partial charge on any atom is 0.252 e. The maximum absolute atomic E-state index is 13.5. The van der Waals surface area contributed by atoms with E-state index in [2.05, 4.69) is 41.5 Å². The van der Waals surface area contributed by atoms with Gasteiger partial charge in [0.25, 0.3) is 5.91 Å². The Labute approximate surface area is 211 Å². The molecule has 2 amide bonds.